The molecule has 0 aliphatic carbocycles. The molecule has 2 rings (SSSR count). The van der Waals surface area contributed by atoms with Crippen LogP contribution in [0, 0.1) is 0 Å². The van der Waals surface area contributed by atoms with Crippen molar-refractivity contribution in [2.75, 3.05) is 20.6 Å². The van der Waals surface area contributed by atoms with Crippen molar-refractivity contribution >= 4 is 56.5 Å². The maximum atomic E-state index is 11.0. The summed E-state index contributed by atoms with van der Waals surface area (Å²) >= 11 is 0. The van der Waals surface area contributed by atoms with E-state index >= 15 is 0 Å². The molecule has 0 unspecified atom stereocenters. The van der Waals surface area contributed by atoms with Gasteiger partial charge in [0.25, 0.3) is 0 Å². The molecule has 20 heavy (non-hydrogen) atoms. The quantitative estimate of drug-likeness (QED) is 0.560. The number of fused-ring (bicyclic) bond motifs is 1. The van der Waals surface area contributed by atoms with Gasteiger partial charge >= 0.3 is 45.6 Å². The number of likely N-dealkylation sites (N-methyl/N-ethyl adjacent to an activating group) is 1. The monoisotopic (exact) mass is 326 g/mol. The summed E-state index contributed by atoms with van der Waals surface area (Å²) in [6.45, 7) is 0.844. The molecule has 0 atom stereocenters. The van der Waals surface area contributed by atoms with Crippen molar-refractivity contribution in [2.45, 2.75) is 6.42 Å². The average molecular weight is 326 g/mol. The van der Waals surface area contributed by atoms with Crippen LogP contribution in [0.2, 0.25) is 0 Å². The maximum absolute atomic E-state index is 11.0. The van der Waals surface area contributed by atoms with Crippen molar-refractivity contribution < 1.29 is 18.9 Å². The van der Waals surface area contributed by atoms with Crippen molar-refractivity contribution in [1.82, 2.24) is 9.88 Å². The number of nitrogens with one attached hydrogen (secondary N) is 1. The minimum atomic E-state index is -4.55. The van der Waals surface area contributed by atoms with Crippen LogP contribution in [-0.2, 0) is 11.0 Å². The van der Waals surface area contributed by atoms with Crippen LogP contribution in [0.4, 0.5) is 0 Å². The number of phosphoric acid groups is 1. The zero-order chi connectivity index (χ0) is 14.0. The molecular weight excluding hydrogens is 307 g/mol. The van der Waals surface area contributed by atoms with E-state index in [1.165, 1.54) is 0 Å². The molecule has 1 aromatic carbocycles. The molecule has 0 radical (unpaired) electrons. The number of H-pyrrole nitrogens is 1. The number of nitrogens with zero attached hydrogens (tertiary/aromatic N) is 1. The number of hydrogen-bond acceptors (Lipinski definition) is 3. The summed E-state index contributed by atoms with van der Waals surface area (Å²) in [4.78, 5) is 23.0. The van der Waals surface area contributed by atoms with E-state index < -0.39 is 7.82 Å². The van der Waals surface area contributed by atoms with E-state index in [1.807, 2.05) is 31.3 Å². The molecule has 3 N–H and O–H groups in total. The average Bonchev–Trinajstić information content (AvgIpc) is 2.68. The van der Waals surface area contributed by atoms with Crippen LogP contribution in [-0.4, -0.2) is 78.0 Å². The van der Waals surface area contributed by atoms with E-state index in [0.717, 1.165) is 29.4 Å². The fraction of sp³-hybridized carbons (Fsp3) is 0.333. The number of hydrogen-bond donors (Lipinski definition) is 3. The molecule has 108 valence electrons. The number of phosphoric ester groups is 1. The topological polar surface area (TPSA) is 85.8 Å². The summed E-state index contributed by atoms with van der Waals surface area (Å²) in [5.74, 6) is 0.209. The third kappa shape index (κ3) is 4.74. The molecule has 0 fully saturated rings. The Labute approximate surface area is 147 Å². The summed E-state index contributed by atoms with van der Waals surface area (Å²) < 4.78 is 15.8. The zero-order valence-electron chi connectivity index (χ0n) is 10.8. The van der Waals surface area contributed by atoms with Gasteiger partial charge in [-0.15, -0.1) is 0 Å². The van der Waals surface area contributed by atoms with Gasteiger partial charge in [-0.1, -0.05) is 6.07 Å². The van der Waals surface area contributed by atoms with Gasteiger partial charge in [-0.2, -0.15) is 0 Å². The van der Waals surface area contributed by atoms with E-state index in [4.69, 9.17) is 14.3 Å². The van der Waals surface area contributed by atoms with E-state index in [0.29, 0.717) is 0 Å². The number of aromatic amines is 1. The first-order valence-corrected chi connectivity index (χ1v) is 7.39. The second kappa shape index (κ2) is 7.27. The van der Waals surface area contributed by atoms with Crippen LogP contribution < -0.4 is 4.52 Å². The minimum absolute atomic E-state index is 0. The van der Waals surface area contributed by atoms with Gasteiger partial charge in [-0.25, -0.2) is 4.57 Å². The molecule has 0 amide bonds. The molecule has 8 heteroatoms. The molecule has 1 heterocycles. The van der Waals surface area contributed by atoms with Crippen LogP contribution in [0.15, 0.2) is 24.4 Å². The van der Waals surface area contributed by atoms with Gasteiger partial charge in [0.1, 0.15) is 5.75 Å². The van der Waals surface area contributed by atoms with Gasteiger partial charge in [0, 0.05) is 23.6 Å². The molecule has 6 nitrogen and oxygen atoms in total. The standard InChI is InChI=1S/C12H17N2O4P.Ca.2H/c1-14(2)7-6-9-8-13-10-4-3-5-11(12(9)10)18-19(15,16)17;;;/h3-5,8,13H,6-7H2,1-2H3,(H2,15,16,17);;;. The summed E-state index contributed by atoms with van der Waals surface area (Å²) in [5, 5.41) is 0.729. The Morgan fingerprint density at radius 2 is 2.05 bits per heavy atom. The first kappa shape index (κ1) is 18.0. The van der Waals surface area contributed by atoms with E-state index in [2.05, 4.69) is 4.98 Å². The van der Waals surface area contributed by atoms with Gasteiger partial charge in [0.15, 0.2) is 0 Å². The summed E-state index contributed by atoms with van der Waals surface area (Å²) in [5.41, 5.74) is 1.78. The van der Waals surface area contributed by atoms with Crippen molar-refractivity contribution in [3.63, 3.8) is 0 Å². The second-order valence-electron chi connectivity index (χ2n) is 4.63. The van der Waals surface area contributed by atoms with Gasteiger partial charge in [-0.05, 0) is 38.2 Å². The molecule has 0 saturated heterocycles. The Bertz CT molecular complexity index is 623. The van der Waals surface area contributed by atoms with E-state index in [-0.39, 0.29) is 43.5 Å². The number of rotatable bonds is 5. The van der Waals surface area contributed by atoms with Crippen LogP contribution in [0.25, 0.3) is 10.9 Å². The van der Waals surface area contributed by atoms with Crippen molar-refractivity contribution in [3.05, 3.63) is 30.0 Å². The van der Waals surface area contributed by atoms with Gasteiger partial charge in [0.05, 0.1) is 0 Å². The number of benzene rings is 1. The molecule has 0 aliphatic heterocycles. The van der Waals surface area contributed by atoms with Crippen LogP contribution >= 0.6 is 7.82 Å². The first-order chi connectivity index (χ1) is 8.87. The molecule has 2 aromatic rings. The normalized spacial score (nSPS) is 11.7. The number of aromatic nitrogens is 1. The molecular formula is C12H19CaN2O4P. The molecule has 0 spiro atoms. The third-order valence-electron chi connectivity index (χ3n) is 2.79. The molecule has 0 saturated carbocycles. The summed E-state index contributed by atoms with van der Waals surface area (Å²) in [7, 11) is -0.602. The molecule has 1 aromatic heterocycles. The zero-order valence-corrected chi connectivity index (χ0v) is 11.7. The predicted molar refractivity (Wildman–Crippen MR) is 81.8 cm³/mol. The fourth-order valence-corrected chi connectivity index (χ4v) is 2.37. The summed E-state index contributed by atoms with van der Waals surface area (Å²) in [6, 6.07) is 5.11. The predicted octanol–water partition coefficient (Wildman–Crippen LogP) is 0.827. The Morgan fingerprint density at radius 1 is 1.35 bits per heavy atom. The van der Waals surface area contributed by atoms with Crippen molar-refractivity contribution in [3.8, 4) is 5.75 Å². The van der Waals surface area contributed by atoms with Gasteiger partial charge in [-0.3, -0.25) is 9.79 Å². The van der Waals surface area contributed by atoms with Crippen LogP contribution in [0.5, 0.6) is 5.75 Å². The summed E-state index contributed by atoms with van der Waals surface area (Å²) in [6.07, 6.45) is 2.62. The van der Waals surface area contributed by atoms with Crippen molar-refractivity contribution in [1.29, 1.82) is 0 Å². The van der Waals surface area contributed by atoms with Crippen LogP contribution in [0.3, 0.4) is 0 Å². The molecule has 0 bridgehead atoms. The molecule has 0 aliphatic rings. The fourth-order valence-electron chi connectivity index (χ4n) is 1.97. The first-order valence-electron chi connectivity index (χ1n) is 5.85. The Balaban J connectivity index is 0.00000200. The van der Waals surface area contributed by atoms with E-state index in [1.54, 1.807) is 12.1 Å². The van der Waals surface area contributed by atoms with Crippen LogP contribution in [0.1, 0.15) is 5.56 Å². The van der Waals surface area contributed by atoms with Gasteiger partial charge < -0.3 is 14.4 Å². The Kier molecular flexibility index (Phi) is 6.54. The SMILES string of the molecule is CN(C)CCc1c[nH]c2cccc(OP(=O)(O)O)c12.[CaH2]. The second-order valence-corrected chi connectivity index (χ2v) is 5.79. The van der Waals surface area contributed by atoms with E-state index in [9.17, 15) is 4.57 Å². The van der Waals surface area contributed by atoms with Crippen molar-refractivity contribution in [2.24, 2.45) is 0 Å². The van der Waals surface area contributed by atoms with Gasteiger partial charge in [0.2, 0.25) is 0 Å². The Hall–Kier alpha value is -0.0703. The Morgan fingerprint density at radius 3 is 2.65 bits per heavy atom. The third-order valence-corrected chi connectivity index (χ3v) is 3.23.